The van der Waals surface area contributed by atoms with Crippen molar-refractivity contribution in [1.29, 1.82) is 0 Å². The molecule has 0 saturated heterocycles. The summed E-state index contributed by atoms with van der Waals surface area (Å²) in [6.07, 6.45) is 2.97. The van der Waals surface area contributed by atoms with Gasteiger partial charge in [0.25, 0.3) is 11.5 Å². The smallest absolute Gasteiger partial charge is 0.330 e. The third-order valence-electron chi connectivity index (χ3n) is 4.92. The van der Waals surface area contributed by atoms with E-state index in [1.54, 1.807) is 12.1 Å². The topological polar surface area (TPSA) is 119 Å². The summed E-state index contributed by atoms with van der Waals surface area (Å²) >= 11 is 0. The normalized spacial score (nSPS) is 11.2. The number of halogens is 1. The van der Waals surface area contributed by atoms with Crippen molar-refractivity contribution in [2.75, 3.05) is 17.2 Å². The fraction of sp³-hybridized carbons (Fsp3) is 0.364. The monoisotopic (exact) mass is 442 g/mol. The largest absolute Gasteiger partial charge is 0.383 e. The van der Waals surface area contributed by atoms with Crippen molar-refractivity contribution in [3.8, 4) is 5.69 Å². The number of aromatic amines is 1. The summed E-state index contributed by atoms with van der Waals surface area (Å²) < 4.78 is 16.6. The summed E-state index contributed by atoms with van der Waals surface area (Å²) in [6.45, 7) is 6.22. The van der Waals surface area contributed by atoms with E-state index in [2.05, 4.69) is 10.1 Å². The molecule has 0 bridgehead atoms. The van der Waals surface area contributed by atoms with Crippen LogP contribution < -0.4 is 21.9 Å². The van der Waals surface area contributed by atoms with Gasteiger partial charge in [-0.3, -0.25) is 24.0 Å². The van der Waals surface area contributed by atoms with Crippen LogP contribution >= 0.6 is 0 Å². The number of nitrogens with two attached hydrogens (primary N) is 1. The number of hydrogen-bond donors (Lipinski definition) is 2. The van der Waals surface area contributed by atoms with Crippen LogP contribution in [-0.2, 0) is 6.54 Å². The Labute approximate surface area is 184 Å². The Morgan fingerprint density at radius 1 is 1.25 bits per heavy atom. The Morgan fingerprint density at radius 3 is 2.62 bits per heavy atom. The SMILES string of the molecule is CCCCn1c(N)c(N(CC(C)C)C(=O)c2ccn(-c3ccccc3F)n2)c(=O)[nH]c1=O. The molecule has 0 radical (unpaired) electrons. The molecule has 0 spiro atoms. The maximum absolute atomic E-state index is 14.1. The predicted molar refractivity (Wildman–Crippen MR) is 121 cm³/mol. The summed E-state index contributed by atoms with van der Waals surface area (Å²) in [4.78, 5) is 41.8. The van der Waals surface area contributed by atoms with Crippen molar-refractivity contribution in [3.63, 3.8) is 0 Å². The average molecular weight is 442 g/mol. The number of nitrogens with zero attached hydrogens (tertiary/aromatic N) is 4. The average Bonchev–Trinajstić information content (AvgIpc) is 3.22. The lowest BCUT2D eigenvalue weighted by molar-refractivity contribution is 0.0978. The van der Waals surface area contributed by atoms with Crippen LogP contribution in [0.15, 0.2) is 46.1 Å². The zero-order valence-electron chi connectivity index (χ0n) is 18.3. The van der Waals surface area contributed by atoms with Gasteiger partial charge < -0.3 is 5.73 Å². The van der Waals surface area contributed by atoms with E-state index in [4.69, 9.17) is 5.73 Å². The van der Waals surface area contributed by atoms with Crippen LogP contribution in [-0.4, -0.2) is 31.8 Å². The number of para-hydroxylation sites is 1. The number of unbranched alkanes of at least 4 members (excludes halogenated alkanes) is 1. The molecule has 0 unspecified atom stereocenters. The first kappa shape index (κ1) is 23.0. The van der Waals surface area contributed by atoms with E-state index < -0.39 is 23.0 Å². The molecule has 3 aromatic rings. The first-order chi connectivity index (χ1) is 15.2. The second-order valence-electron chi connectivity index (χ2n) is 7.90. The Hall–Kier alpha value is -3.69. The summed E-state index contributed by atoms with van der Waals surface area (Å²) in [6, 6.07) is 7.49. The summed E-state index contributed by atoms with van der Waals surface area (Å²) in [7, 11) is 0. The van der Waals surface area contributed by atoms with Crippen molar-refractivity contribution in [2.24, 2.45) is 5.92 Å². The molecule has 2 aromatic heterocycles. The number of benzene rings is 1. The van der Waals surface area contributed by atoms with Crippen molar-refractivity contribution in [1.82, 2.24) is 19.3 Å². The summed E-state index contributed by atoms with van der Waals surface area (Å²) in [5, 5.41) is 4.21. The number of anilines is 2. The molecular formula is C22H27FN6O3. The Kier molecular flexibility index (Phi) is 6.92. The van der Waals surface area contributed by atoms with Gasteiger partial charge in [-0.25, -0.2) is 13.9 Å². The highest BCUT2D eigenvalue weighted by atomic mass is 19.1. The van der Waals surface area contributed by atoms with E-state index in [0.29, 0.717) is 13.0 Å². The Bertz CT molecular complexity index is 1230. The van der Waals surface area contributed by atoms with E-state index in [1.807, 2.05) is 20.8 Å². The molecule has 0 saturated carbocycles. The zero-order chi connectivity index (χ0) is 23.4. The van der Waals surface area contributed by atoms with Gasteiger partial charge in [-0.05, 0) is 30.5 Å². The minimum absolute atomic E-state index is 0.0116. The van der Waals surface area contributed by atoms with E-state index in [9.17, 15) is 18.8 Å². The first-order valence-corrected chi connectivity index (χ1v) is 10.5. The van der Waals surface area contributed by atoms with Crippen LogP contribution in [0, 0.1) is 11.7 Å². The predicted octanol–water partition coefficient (Wildman–Crippen LogP) is 2.55. The first-order valence-electron chi connectivity index (χ1n) is 10.5. The molecule has 10 heteroatoms. The van der Waals surface area contributed by atoms with Gasteiger partial charge in [0.05, 0.1) is 0 Å². The van der Waals surface area contributed by atoms with Gasteiger partial charge in [-0.2, -0.15) is 5.10 Å². The fourth-order valence-corrected chi connectivity index (χ4v) is 3.37. The van der Waals surface area contributed by atoms with Gasteiger partial charge in [0, 0.05) is 19.3 Å². The van der Waals surface area contributed by atoms with Crippen LogP contribution in [0.4, 0.5) is 15.9 Å². The zero-order valence-corrected chi connectivity index (χ0v) is 18.3. The molecule has 170 valence electrons. The van der Waals surface area contributed by atoms with E-state index in [0.717, 1.165) is 6.42 Å². The lowest BCUT2D eigenvalue weighted by atomic mass is 10.2. The summed E-state index contributed by atoms with van der Waals surface area (Å²) in [5.41, 5.74) is 4.94. The van der Waals surface area contributed by atoms with Crippen LogP contribution in [0.1, 0.15) is 44.1 Å². The molecule has 0 aliphatic rings. The van der Waals surface area contributed by atoms with Gasteiger partial charge in [-0.15, -0.1) is 0 Å². The highest BCUT2D eigenvalue weighted by Gasteiger charge is 2.27. The lowest BCUT2D eigenvalue weighted by Crippen LogP contribution is -2.43. The standard InChI is InChI=1S/C22H27FN6O3/c1-4-5-11-27-19(24)18(20(30)25-22(27)32)28(13-14(2)3)21(31)16-10-12-29(26-16)17-9-7-6-8-15(17)23/h6-10,12,14H,4-5,11,13,24H2,1-3H3,(H,25,30,32). The number of nitrogens with one attached hydrogen (secondary N) is 1. The van der Waals surface area contributed by atoms with Crippen LogP contribution in [0.5, 0.6) is 0 Å². The van der Waals surface area contributed by atoms with Gasteiger partial charge in [0.1, 0.15) is 17.3 Å². The minimum Gasteiger partial charge on any atom is -0.383 e. The fourth-order valence-electron chi connectivity index (χ4n) is 3.37. The Balaban J connectivity index is 2.07. The van der Waals surface area contributed by atoms with E-state index >= 15 is 0 Å². The molecule has 3 rings (SSSR count). The minimum atomic E-state index is -0.747. The van der Waals surface area contributed by atoms with E-state index in [1.165, 1.54) is 38.5 Å². The number of aromatic nitrogens is 4. The van der Waals surface area contributed by atoms with Crippen molar-refractivity contribution in [2.45, 2.75) is 40.2 Å². The van der Waals surface area contributed by atoms with Crippen molar-refractivity contribution < 1.29 is 9.18 Å². The van der Waals surface area contributed by atoms with Crippen LogP contribution in [0.25, 0.3) is 5.69 Å². The van der Waals surface area contributed by atoms with Gasteiger partial charge in [-0.1, -0.05) is 39.3 Å². The molecule has 0 aliphatic heterocycles. The highest BCUT2D eigenvalue weighted by molar-refractivity contribution is 6.06. The molecule has 0 atom stereocenters. The second kappa shape index (κ2) is 9.63. The van der Waals surface area contributed by atoms with E-state index in [-0.39, 0.29) is 35.3 Å². The van der Waals surface area contributed by atoms with Crippen LogP contribution in [0.2, 0.25) is 0 Å². The van der Waals surface area contributed by atoms with Crippen LogP contribution in [0.3, 0.4) is 0 Å². The molecular weight excluding hydrogens is 415 g/mol. The number of carbonyl (C=O) groups excluding carboxylic acids is 1. The molecule has 9 nitrogen and oxygen atoms in total. The number of nitrogen functional groups attached to an aromatic ring is 1. The van der Waals surface area contributed by atoms with Gasteiger partial charge in [0.2, 0.25) is 0 Å². The highest BCUT2D eigenvalue weighted by Crippen LogP contribution is 2.21. The number of amides is 1. The number of rotatable bonds is 8. The molecule has 0 fully saturated rings. The molecule has 32 heavy (non-hydrogen) atoms. The number of hydrogen-bond acceptors (Lipinski definition) is 5. The second-order valence-corrected chi connectivity index (χ2v) is 7.90. The van der Waals surface area contributed by atoms with Gasteiger partial charge >= 0.3 is 5.69 Å². The molecule has 2 heterocycles. The van der Waals surface area contributed by atoms with Crippen molar-refractivity contribution >= 4 is 17.4 Å². The quantitative estimate of drug-likeness (QED) is 0.556. The molecule has 1 aromatic carbocycles. The Morgan fingerprint density at radius 2 is 1.97 bits per heavy atom. The maximum atomic E-state index is 14.1. The molecule has 1 amide bonds. The molecule has 3 N–H and O–H groups in total. The summed E-state index contributed by atoms with van der Waals surface area (Å²) in [5.74, 6) is -1.15. The van der Waals surface area contributed by atoms with Gasteiger partial charge in [0.15, 0.2) is 11.4 Å². The lowest BCUT2D eigenvalue weighted by Gasteiger charge is -2.25. The third-order valence-corrected chi connectivity index (χ3v) is 4.92. The van der Waals surface area contributed by atoms with Crippen molar-refractivity contribution in [3.05, 3.63) is 68.9 Å². The number of H-pyrrole nitrogens is 1. The third kappa shape index (κ3) is 4.63. The maximum Gasteiger partial charge on any atom is 0.330 e. The number of carbonyl (C=O) groups is 1. The molecule has 0 aliphatic carbocycles.